The second-order valence-corrected chi connectivity index (χ2v) is 5.65. The van der Waals surface area contributed by atoms with Crippen molar-refractivity contribution in [2.24, 2.45) is 5.92 Å². The summed E-state index contributed by atoms with van der Waals surface area (Å²) in [6.45, 7) is 4.88. The summed E-state index contributed by atoms with van der Waals surface area (Å²) >= 11 is 0. The first kappa shape index (κ1) is 17.1. The minimum Gasteiger partial charge on any atom is -0.395 e. The van der Waals surface area contributed by atoms with Crippen molar-refractivity contribution in [1.29, 1.82) is 0 Å². The van der Waals surface area contributed by atoms with E-state index in [9.17, 15) is 14.6 Å². The molecule has 1 aromatic rings. The number of benzene rings is 1. The van der Waals surface area contributed by atoms with Gasteiger partial charge < -0.3 is 14.9 Å². The van der Waals surface area contributed by atoms with E-state index in [2.05, 4.69) is 13.8 Å². The maximum Gasteiger partial charge on any atom is 0.123 e. The number of hydrogen-bond donors (Lipinski definition) is 2. The van der Waals surface area contributed by atoms with Gasteiger partial charge in [-0.3, -0.25) is 0 Å². The smallest absolute Gasteiger partial charge is 0.123 e. The average Bonchev–Trinajstić information content (AvgIpc) is 2.43. The molecule has 0 radical (unpaired) electrons. The minimum atomic E-state index is -0.847. The Bertz CT molecular complexity index is 389. The Morgan fingerprint density at radius 3 is 2.45 bits per heavy atom. The van der Waals surface area contributed by atoms with Gasteiger partial charge in [0.05, 0.1) is 13.2 Å². The molecule has 0 amide bonds. The third-order valence-electron chi connectivity index (χ3n) is 3.61. The van der Waals surface area contributed by atoms with Crippen molar-refractivity contribution >= 4 is 0 Å². The highest BCUT2D eigenvalue weighted by molar-refractivity contribution is 5.26. The van der Waals surface area contributed by atoms with Gasteiger partial charge in [0.1, 0.15) is 5.82 Å². The molecule has 0 heterocycles. The number of aliphatic hydroxyl groups is 2. The van der Waals surface area contributed by atoms with E-state index >= 15 is 0 Å². The van der Waals surface area contributed by atoms with E-state index in [0.717, 1.165) is 6.42 Å². The number of hydrogen-bond acceptors (Lipinski definition) is 3. The highest BCUT2D eigenvalue weighted by atomic mass is 19.1. The summed E-state index contributed by atoms with van der Waals surface area (Å²) in [7, 11) is 0. The molecule has 0 spiro atoms. The Morgan fingerprint density at radius 2 is 1.90 bits per heavy atom. The maximum atomic E-state index is 13.3. The zero-order chi connectivity index (χ0) is 15.0. The standard InChI is InChI=1S/C16H25FO3/c1-13(2)6-8-20-9-7-16(11-18,12-19)14-4-3-5-15(17)10-14/h3-5,10,13,18-19H,6-9,11-12H2,1-2H3. The van der Waals surface area contributed by atoms with Crippen LogP contribution in [0.4, 0.5) is 4.39 Å². The first-order chi connectivity index (χ1) is 9.54. The lowest BCUT2D eigenvalue weighted by Gasteiger charge is -2.30. The van der Waals surface area contributed by atoms with Gasteiger partial charge in [-0.1, -0.05) is 26.0 Å². The van der Waals surface area contributed by atoms with Crippen LogP contribution in [-0.4, -0.2) is 36.6 Å². The second-order valence-electron chi connectivity index (χ2n) is 5.65. The van der Waals surface area contributed by atoms with E-state index < -0.39 is 5.41 Å². The molecule has 114 valence electrons. The Morgan fingerprint density at radius 1 is 1.20 bits per heavy atom. The van der Waals surface area contributed by atoms with Crippen LogP contribution in [0, 0.1) is 11.7 Å². The molecule has 0 aliphatic carbocycles. The van der Waals surface area contributed by atoms with Crippen LogP contribution in [0.15, 0.2) is 24.3 Å². The molecular weight excluding hydrogens is 259 g/mol. The van der Waals surface area contributed by atoms with Crippen LogP contribution < -0.4 is 0 Å². The zero-order valence-electron chi connectivity index (χ0n) is 12.3. The van der Waals surface area contributed by atoms with Crippen LogP contribution in [0.2, 0.25) is 0 Å². The van der Waals surface area contributed by atoms with Gasteiger partial charge in [0.2, 0.25) is 0 Å². The van der Waals surface area contributed by atoms with Crippen molar-refractivity contribution in [1.82, 2.24) is 0 Å². The minimum absolute atomic E-state index is 0.236. The summed E-state index contributed by atoms with van der Waals surface area (Å²) in [4.78, 5) is 0. The molecule has 0 bridgehead atoms. The van der Waals surface area contributed by atoms with Gasteiger partial charge in [-0.25, -0.2) is 4.39 Å². The third-order valence-corrected chi connectivity index (χ3v) is 3.61. The van der Waals surface area contributed by atoms with E-state index in [0.29, 0.717) is 31.1 Å². The lowest BCUT2D eigenvalue weighted by Crippen LogP contribution is -2.36. The first-order valence-corrected chi connectivity index (χ1v) is 7.09. The molecule has 0 aliphatic rings. The van der Waals surface area contributed by atoms with Crippen molar-refractivity contribution in [2.45, 2.75) is 32.1 Å². The van der Waals surface area contributed by atoms with Crippen molar-refractivity contribution in [3.05, 3.63) is 35.6 Å². The summed E-state index contributed by atoms with van der Waals surface area (Å²) in [5.41, 5.74) is -0.241. The Labute approximate surface area is 120 Å². The molecule has 3 nitrogen and oxygen atoms in total. The lowest BCUT2D eigenvalue weighted by atomic mass is 9.79. The molecular formula is C16H25FO3. The molecule has 1 rings (SSSR count). The first-order valence-electron chi connectivity index (χ1n) is 7.09. The van der Waals surface area contributed by atoms with Crippen molar-refractivity contribution in [3.63, 3.8) is 0 Å². The van der Waals surface area contributed by atoms with Crippen molar-refractivity contribution < 1.29 is 19.3 Å². The molecule has 20 heavy (non-hydrogen) atoms. The molecule has 0 aliphatic heterocycles. The lowest BCUT2D eigenvalue weighted by molar-refractivity contribution is 0.0590. The van der Waals surface area contributed by atoms with Gasteiger partial charge in [0.25, 0.3) is 0 Å². The highest BCUT2D eigenvalue weighted by Gasteiger charge is 2.31. The molecule has 0 fully saturated rings. The van der Waals surface area contributed by atoms with Crippen LogP contribution >= 0.6 is 0 Å². The fraction of sp³-hybridized carbons (Fsp3) is 0.625. The van der Waals surface area contributed by atoms with Crippen LogP contribution in [0.5, 0.6) is 0 Å². The highest BCUT2D eigenvalue weighted by Crippen LogP contribution is 2.28. The van der Waals surface area contributed by atoms with Gasteiger partial charge in [-0.05, 0) is 36.5 Å². The van der Waals surface area contributed by atoms with Crippen LogP contribution in [0.1, 0.15) is 32.3 Å². The van der Waals surface area contributed by atoms with E-state index in [1.165, 1.54) is 12.1 Å². The third kappa shape index (κ3) is 4.85. The fourth-order valence-corrected chi connectivity index (χ4v) is 2.04. The molecule has 0 unspecified atom stereocenters. The van der Waals surface area contributed by atoms with Crippen LogP contribution in [0.25, 0.3) is 0 Å². The molecule has 2 N–H and O–H groups in total. The predicted octanol–water partition coefficient (Wildman–Crippen LogP) is 2.50. The van der Waals surface area contributed by atoms with E-state index in [4.69, 9.17) is 4.74 Å². The summed E-state index contributed by atoms with van der Waals surface area (Å²) in [6, 6.07) is 6.02. The SMILES string of the molecule is CC(C)CCOCCC(CO)(CO)c1cccc(F)c1. The van der Waals surface area contributed by atoms with Crippen molar-refractivity contribution in [2.75, 3.05) is 26.4 Å². The van der Waals surface area contributed by atoms with Gasteiger partial charge >= 0.3 is 0 Å². The Balaban J connectivity index is 2.63. The van der Waals surface area contributed by atoms with Gasteiger partial charge in [0.15, 0.2) is 0 Å². The van der Waals surface area contributed by atoms with E-state index in [-0.39, 0.29) is 19.0 Å². The summed E-state index contributed by atoms with van der Waals surface area (Å²) in [5, 5.41) is 19.3. The summed E-state index contributed by atoms with van der Waals surface area (Å²) < 4.78 is 18.8. The topological polar surface area (TPSA) is 49.7 Å². The summed E-state index contributed by atoms with van der Waals surface area (Å²) in [6.07, 6.45) is 1.44. The molecule has 0 saturated carbocycles. The van der Waals surface area contributed by atoms with Gasteiger partial charge in [0, 0.05) is 18.6 Å². The fourth-order valence-electron chi connectivity index (χ4n) is 2.04. The molecule has 0 atom stereocenters. The maximum absolute atomic E-state index is 13.3. The molecule has 0 saturated heterocycles. The summed E-state index contributed by atoms with van der Waals surface area (Å²) in [5.74, 6) is 0.216. The number of ether oxygens (including phenoxy) is 1. The van der Waals surface area contributed by atoms with Crippen molar-refractivity contribution in [3.8, 4) is 0 Å². The molecule has 4 heteroatoms. The predicted molar refractivity (Wildman–Crippen MR) is 77.1 cm³/mol. The molecule has 1 aromatic carbocycles. The van der Waals surface area contributed by atoms with Gasteiger partial charge in [-0.2, -0.15) is 0 Å². The normalized spacial score (nSPS) is 12.1. The monoisotopic (exact) mass is 284 g/mol. The van der Waals surface area contributed by atoms with Crippen LogP contribution in [-0.2, 0) is 10.2 Å². The second kappa shape index (κ2) is 8.35. The Hall–Kier alpha value is -0.970. The van der Waals surface area contributed by atoms with Crippen LogP contribution in [0.3, 0.4) is 0 Å². The number of halogens is 1. The van der Waals surface area contributed by atoms with E-state index in [1.807, 2.05) is 0 Å². The zero-order valence-corrected chi connectivity index (χ0v) is 12.3. The number of aliphatic hydroxyl groups excluding tert-OH is 2. The Kier molecular flexibility index (Phi) is 7.13. The largest absolute Gasteiger partial charge is 0.395 e. The quantitative estimate of drug-likeness (QED) is 0.685. The van der Waals surface area contributed by atoms with E-state index in [1.54, 1.807) is 12.1 Å². The van der Waals surface area contributed by atoms with Gasteiger partial charge in [-0.15, -0.1) is 0 Å². The number of rotatable bonds is 9. The molecule has 0 aromatic heterocycles. The average molecular weight is 284 g/mol.